The maximum atomic E-state index is 12.9. The van der Waals surface area contributed by atoms with Crippen molar-refractivity contribution < 1.29 is 28.6 Å². The highest BCUT2D eigenvalue weighted by molar-refractivity contribution is 5.71. The van der Waals surface area contributed by atoms with Crippen molar-refractivity contribution in [3.63, 3.8) is 0 Å². The molecule has 0 radical (unpaired) electrons. The van der Waals surface area contributed by atoms with Gasteiger partial charge >= 0.3 is 17.9 Å². The second kappa shape index (κ2) is 69.6. The van der Waals surface area contributed by atoms with Crippen LogP contribution < -0.4 is 0 Å². The van der Waals surface area contributed by atoms with Crippen molar-refractivity contribution in [3.05, 3.63) is 12.2 Å². The average Bonchev–Trinajstić information content (AvgIpc) is 3.46. The first-order valence-electron chi connectivity index (χ1n) is 36.7. The van der Waals surface area contributed by atoms with Gasteiger partial charge in [-0.2, -0.15) is 0 Å². The SMILES string of the molecule is CCCC/C=C\CCCCCCCC(=O)OCC(COC(=O)CCCCCCCCCCCCCCCCCCCCCCCCCCCCCCCCCCCCC)OC(=O)CCCCCCCCCCCCCCCCCC. The summed E-state index contributed by atoms with van der Waals surface area (Å²) in [6.07, 6.45) is 84.3. The molecule has 0 rings (SSSR count). The minimum Gasteiger partial charge on any atom is -0.462 e. The van der Waals surface area contributed by atoms with E-state index in [9.17, 15) is 14.4 Å². The molecule has 0 fully saturated rings. The Morgan fingerprint density at radius 2 is 0.425 bits per heavy atom. The zero-order chi connectivity index (χ0) is 57.8. The fourth-order valence-electron chi connectivity index (χ4n) is 11.5. The van der Waals surface area contributed by atoms with E-state index in [1.165, 1.54) is 321 Å². The van der Waals surface area contributed by atoms with Gasteiger partial charge in [0.05, 0.1) is 0 Å². The first-order valence-corrected chi connectivity index (χ1v) is 36.7. The van der Waals surface area contributed by atoms with E-state index in [0.29, 0.717) is 19.3 Å². The van der Waals surface area contributed by atoms with Crippen molar-refractivity contribution in [1.29, 1.82) is 0 Å². The summed E-state index contributed by atoms with van der Waals surface area (Å²) in [6, 6.07) is 0. The standard InChI is InChI=1S/C74H142O6/c1-4-7-10-13-16-19-22-24-26-28-29-30-31-32-33-34-35-36-37-38-39-40-41-42-43-44-45-46-48-49-52-55-58-61-64-67-73(76)79-70-71(69-78-72(75)66-63-60-57-54-51-21-18-15-12-9-6-3)80-74(77)68-65-62-59-56-53-50-47-27-25-23-20-17-14-11-8-5-2/h15,18,71H,4-14,16-17,19-70H2,1-3H3/b18-15-. The Kier molecular flexibility index (Phi) is 68.0. The Morgan fingerprint density at radius 3 is 0.662 bits per heavy atom. The quantitative estimate of drug-likeness (QED) is 0.0261. The van der Waals surface area contributed by atoms with E-state index in [2.05, 4.69) is 32.9 Å². The summed E-state index contributed by atoms with van der Waals surface area (Å²) >= 11 is 0. The van der Waals surface area contributed by atoms with Crippen LogP contribution in [0.4, 0.5) is 0 Å². The van der Waals surface area contributed by atoms with Crippen LogP contribution in [0.2, 0.25) is 0 Å². The highest BCUT2D eigenvalue weighted by Crippen LogP contribution is 2.20. The first-order chi connectivity index (χ1) is 39.5. The van der Waals surface area contributed by atoms with Gasteiger partial charge in [-0.15, -0.1) is 0 Å². The van der Waals surface area contributed by atoms with Gasteiger partial charge in [-0.25, -0.2) is 0 Å². The molecule has 1 atom stereocenters. The van der Waals surface area contributed by atoms with Crippen LogP contribution in [0.25, 0.3) is 0 Å². The lowest BCUT2D eigenvalue weighted by atomic mass is 10.0. The molecule has 0 heterocycles. The Balaban J connectivity index is 3.98. The molecule has 0 N–H and O–H groups in total. The number of ether oxygens (including phenoxy) is 3. The normalized spacial score (nSPS) is 12.0. The third-order valence-corrected chi connectivity index (χ3v) is 17.0. The molecule has 0 aliphatic rings. The topological polar surface area (TPSA) is 78.9 Å². The molecule has 0 bridgehead atoms. The van der Waals surface area contributed by atoms with Gasteiger partial charge in [0.2, 0.25) is 0 Å². The fourth-order valence-corrected chi connectivity index (χ4v) is 11.5. The van der Waals surface area contributed by atoms with Crippen molar-refractivity contribution in [2.75, 3.05) is 13.2 Å². The second-order valence-corrected chi connectivity index (χ2v) is 25.2. The Morgan fingerprint density at radius 1 is 0.237 bits per heavy atom. The summed E-state index contributed by atoms with van der Waals surface area (Å²) in [6.45, 7) is 6.68. The Bertz CT molecular complexity index is 1250. The molecule has 80 heavy (non-hydrogen) atoms. The molecule has 0 aliphatic carbocycles. The van der Waals surface area contributed by atoms with Crippen LogP contribution in [0.5, 0.6) is 0 Å². The molecule has 474 valence electrons. The zero-order valence-electron chi connectivity index (χ0n) is 54.6. The minimum absolute atomic E-state index is 0.0661. The zero-order valence-corrected chi connectivity index (χ0v) is 54.6. The summed E-state index contributed by atoms with van der Waals surface area (Å²) < 4.78 is 16.9. The van der Waals surface area contributed by atoms with E-state index >= 15 is 0 Å². The van der Waals surface area contributed by atoms with E-state index in [4.69, 9.17) is 14.2 Å². The van der Waals surface area contributed by atoms with Crippen molar-refractivity contribution in [3.8, 4) is 0 Å². The summed E-state index contributed by atoms with van der Waals surface area (Å²) in [5, 5.41) is 0. The van der Waals surface area contributed by atoms with Crippen LogP contribution >= 0.6 is 0 Å². The number of rotatable bonds is 69. The number of carbonyl (C=O) groups is 3. The predicted octanol–water partition coefficient (Wildman–Crippen LogP) is 25.2. The van der Waals surface area contributed by atoms with E-state index < -0.39 is 6.10 Å². The number of unbranched alkanes of at least 4 members (excludes halogenated alkanes) is 56. The molecule has 0 aromatic carbocycles. The maximum absolute atomic E-state index is 12.9. The molecule has 0 amide bonds. The van der Waals surface area contributed by atoms with Crippen molar-refractivity contribution in [2.24, 2.45) is 0 Å². The highest BCUT2D eigenvalue weighted by Gasteiger charge is 2.20. The monoisotopic (exact) mass is 1130 g/mol. The van der Waals surface area contributed by atoms with Gasteiger partial charge in [0, 0.05) is 19.3 Å². The second-order valence-electron chi connectivity index (χ2n) is 25.2. The minimum atomic E-state index is -0.769. The molecular formula is C74H142O6. The van der Waals surface area contributed by atoms with Crippen molar-refractivity contribution >= 4 is 17.9 Å². The molecule has 0 aliphatic heterocycles. The molecule has 1 unspecified atom stereocenters. The lowest BCUT2D eigenvalue weighted by Gasteiger charge is -2.18. The number of hydrogen-bond acceptors (Lipinski definition) is 6. The lowest BCUT2D eigenvalue weighted by molar-refractivity contribution is -0.167. The lowest BCUT2D eigenvalue weighted by Crippen LogP contribution is -2.30. The molecule has 6 heteroatoms. The first kappa shape index (κ1) is 78.1. The third-order valence-electron chi connectivity index (χ3n) is 17.0. The van der Waals surface area contributed by atoms with Gasteiger partial charge in [-0.3, -0.25) is 14.4 Å². The number of carbonyl (C=O) groups excluding carboxylic acids is 3. The molecule has 0 saturated heterocycles. The van der Waals surface area contributed by atoms with Gasteiger partial charge < -0.3 is 14.2 Å². The van der Waals surface area contributed by atoms with E-state index in [1.54, 1.807) is 0 Å². The van der Waals surface area contributed by atoms with E-state index in [-0.39, 0.29) is 31.1 Å². The predicted molar refractivity (Wildman–Crippen MR) is 349 cm³/mol. The van der Waals surface area contributed by atoms with Crippen LogP contribution in [0.1, 0.15) is 425 Å². The Hall–Kier alpha value is -1.85. The third kappa shape index (κ3) is 66.9. The molecular weight excluding hydrogens is 985 g/mol. The number of hydrogen-bond donors (Lipinski definition) is 0. The smallest absolute Gasteiger partial charge is 0.306 e. The average molecular weight is 1130 g/mol. The number of esters is 3. The van der Waals surface area contributed by atoms with E-state index in [0.717, 1.165) is 64.2 Å². The number of allylic oxidation sites excluding steroid dienone is 2. The van der Waals surface area contributed by atoms with Gasteiger partial charge in [-0.1, -0.05) is 380 Å². The van der Waals surface area contributed by atoms with Gasteiger partial charge in [0.25, 0.3) is 0 Å². The Labute approximate surface area is 501 Å². The van der Waals surface area contributed by atoms with Crippen LogP contribution in [0, 0.1) is 0 Å². The summed E-state index contributed by atoms with van der Waals surface area (Å²) in [5.41, 5.74) is 0. The van der Waals surface area contributed by atoms with Crippen LogP contribution in [0.15, 0.2) is 12.2 Å². The van der Waals surface area contributed by atoms with Crippen molar-refractivity contribution in [2.45, 2.75) is 431 Å². The highest BCUT2D eigenvalue weighted by atomic mass is 16.6. The summed E-state index contributed by atoms with van der Waals surface area (Å²) in [4.78, 5) is 38.3. The fraction of sp³-hybridized carbons (Fsp3) is 0.932. The van der Waals surface area contributed by atoms with Gasteiger partial charge in [-0.05, 0) is 38.5 Å². The van der Waals surface area contributed by atoms with Gasteiger partial charge in [0.15, 0.2) is 6.10 Å². The van der Waals surface area contributed by atoms with Crippen LogP contribution in [0.3, 0.4) is 0 Å². The molecule has 0 saturated carbocycles. The maximum Gasteiger partial charge on any atom is 0.306 e. The molecule has 6 nitrogen and oxygen atoms in total. The molecule has 0 aromatic rings. The molecule has 0 spiro atoms. The van der Waals surface area contributed by atoms with E-state index in [1.807, 2.05) is 0 Å². The summed E-state index contributed by atoms with van der Waals surface area (Å²) in [5.74, 6) is -0.845. The molecule has 0 aromatic heterocycles. The van der Waals surface area contributed by atoms with Crippen LogP contribution in [-0.2, 0) is 28.6 Å². The summed E-state index contributed by atoms with van der Waals surface area (Å²) in [7, 11) is 0. The van der Waals surface area contributed by atoms with Crippen LogP contribution in [-0.4, -0.2) is 37.2 Å². The van der Waals surface area contributed by atoms with Crippen molar-refractivity contribution in [1.82, 2.24) is 0 Å². The largest absolute Gasteiger partial charge is 0.462 e. The van der Waals surface area contributed by atoms with Gasteiger partial charge in [0.1, 0.15) is 13.2 Å².